The van der Waals surface area contributed by atoms with Gasteiger partial charge in [0.25, 0.3) is 11.5 Å². The Balaban J connectivity index is 2.09. The van der Waals surface area contributed by atoms with E-state index in [9.17, 15) is 14.4 Å². The number of methoxy groups -OCH3 is 1. The summed E-state index contributed by atoms with van der Waals surface area (Å²) in [6, 6.07) is 10.6. The van der Waals surface area contributed by atoms with Crippen LogP contribution < -0.4 is 21.9 Å². The molecule has 1 aromatic carbocycles. The highest BCUT2D eigenvalue weighted by atomic mass is 16.5. The molecule has 0 bridgehead atoms. The first-order valence-electron chi connectivity index (χ1n) is 8.52. The number of hydrogen-bond acceptors (Lipinski definition) is 6. The number of nitrogens with zero attached hydrogens (tertiary/aromatic N) is 2. The van der Waals surface area contributed by atoms with Gasteiger partial charge in [-0.1, -0.05) is 30.3 Å². The zero-order chi connectivity index (χ0) is 20.1. The molecule has 0 aliphatic rings. The summed E-state index contributed by atoms with van der Waals surface area (Å²) < 4.78 is 11.2. The van der Waals surface area contributed by atoms with Crippen LogP contribution in [0.5, 0.6) is 0 Å². The van der Waals surface area contributed by atoms with Crippen molar-refractivity contribution >= 4 is 17.4 Å². The van der Waals surface area contributed by atoms with Crippen LogP contribution >= 0.6 is 0 Å². The van der Waals surface area contributed by atoms with Gasteiger partial charge in [-0.25, -0.2) is 4.79 Å². The van der Waals surface area contributed by atoms with E-state index in [1.165, 1.54) is 35.2 Å². The largest absolute Gasteiger partial charge is 0.472 e. The lowest BCUT2D eigenvalue weighted by molar-refractivity contribution is 0.0975. The van der Waals surface area contributed by atoms with Crippen LogP contribution in [-0.2, 0) is 11.3 Å². The normalized spacial score (nSPS) is 10.8. The van der Waals surface area contributed by atoms with Crippen molar-refractivity contribution in [3.8, 4) is 0 Å². The highest BCUT2D eigenvalue weighted by molar-refractivity contribution is 6.07. The molecule has 0 saturated heterocycles. The third-order valence-electron chi connectivity index (χ3n) is 4.20. The number of amides is 1. The Labute approximate surface area is 160 Å². The topological polar surface area (TPSA) is 124 Å². The number of nitrogens with one attached hydrogen (secondary N) is 1. The number of furan rings is 1. The van der Waals surface area contributed by atoms with Crippen molar-refractivity contribution in [1.82, 2.24) is 9.55 Å². The number of nitrogens with two attached hydrogens (primary N) is 1. The van der Waals surface area contributed by atoms with Gasteiger partial charge < -0.3 is 14.9 Å². The van der Waals surface area contributed by atoms with Crippen molar-refractivity contribution in [2.75, 3.05) is 30.9 Å². The second-order valence-corrected chi connectivity index (χ2v) is 6.03. The van der Waals surface area contributed by atoms with E-state index in [1.807, 2.05) is 30.3 Å². The Kier molecular flexibility index (Phi) is 5.75. The molecule has 0 radical (unpaired) electrons. The Morgan fingerprint density at radius 2 is 2.00 bits per heavy atom. The Hall–Kier alpha value is -3.59. The predicted molar refractivity (Wildman–Crippen MR) is 104 cm³/mol. The summed E-state index contributed by atoms with van der Waals surface area (Å²) >= 11 is 0. The summed E-state index contributed by atoms with van der Waals surface area (Å²) in [7, 11) is 1.48. The average molecular weight is 384 g/mol. The molecule has 3 rings (SSSR count). The van der Waals surface area contributed by atoms with Crippen LogP contribution in [0.3, 0.4) is 0 Å². The second-order valence-electron chi connectivity index (χ2n) is 6.03. The molecule has 0 fully saturated rings. The van der Waals surface area contributed by atoms with E-state index in [0.717, 1.165) is 5.56 Å². The first kappa shape index (κ1) is 19.2. The van der Waals surface area contributed by atoms with Crippen molar-refractivity contribution in [2.45, 2.75) is 6.54 Å². The summed E-state index contributed by atoms with van der Waals surface area (Å²) in [4.78, 5) is 41.2. The number of benzene rings is 1. The zero-order valence-corrected chi connectivity index (χ0v) is 15.3. The standard InChI is InChI=1S/C19H20N4O5/c1-27-10-8-22(18(25)14-7-9-28-12-14)15-16(20)23(19(26)21-17(15)24)11-13-5-3-2-4-6-13/h2-7,9,12H,8,10-11,20H2,1H3,(H,21,24,26). The van der Waals surface area contributed by atoms with Gasteiger partial charge in [0.2, 0.25) is 0 Å². The number of aromatic amines is 1. The van der Waals surface area contributed by atoms with Crippen LogP contribution in [0.4, 0.5) is 11.5 Å². The Morgan fingerprint density at radius 1 is 1.25 bits per heavy atom. The van der Waals surface area contributed by atoms with Crippen molar-refractivity contribution in [1.29, 1.82) is 0 Å². The molecule has 28 heavy (non-hydrogen) atoms. The molecule has 1 amide bonds. The molecule has 9 heteroatoms. The van der Waals surface area contributed by atoms with Crippen LogP contribution in [0.15, 0.2) is 62.9 Å². The number of carbonyl (C=O) groups excluding carboxylic acids is 1. The first-order chi connectivity index (χ1) is 13.5. The summed E-state index contributed by atoms with van der Waals surface area (Å²) in [5.41, 5.74) is 5.73. The molecule has 146 valence electrons. The lowest BCUT2D eigenvalue weighted by Crippen LogP contribution is -2.42. The van der Waals surface area contributed by atoms with Crippen molar-refractivity contribution in [3.05, 3.63) is 80.9 Å². The van der Waals surface area contributed by atoms with Crippen LogP contribution in [0.1, 0.15) is 15.9 Å². The maximum Gasteiger partial charge on any atom is 0.330 e. The molecule has 0 spiro atoms. The van der Waals surface area contributed by atoms with Crippen molar-refractivity contribution < 1.29 is 13.9 Å². The summed E-state index contributed by atoms with van der Waals surface area (Å²) in [6.45, 7) is 0.380. The van der Waals surface area contributed by atoms with Gasteiger partial charge in [-0.2, -0.15) is 0 Å². The number of rotatable bonds is 7. The number of anilines is 2. The average Bonchev–Trinajstić information content (AvgIpc) is 3.22. The first-order valence-corrected chi connectivity index (χ1v) is 8.52. The van der Waals surface area contributed by atoms with Crippen LogP contribution in [0.25, 0.3) is 0 Å². The number of ether oxygens (including phenoxy) is 1. The fourth-order valence-electron chi connectivity index (χ4n) is 2.80. The molecule has 0 saturated carbocycles. The molecule has 3 N–H and O–H groups in total. The lowest BCUT2D eigenvalue weighted by atomic mass is 10.2. The van der Waals surface area contributed by atoms with Gasteiger partial charge in [-0.15, -0.1) is 0 Å². The van der Waals surface area contributed by atoms with Gasteiger partial charge in [0.1, 0.15) is 12.1 Å². The van der Waals surface area contributed by atoms with Crippen LogP contribution in [-0.4, -0.2) is 35.7 Å². The van der Waals surface area contributed by atoms with Gasteiger partial charge in [-0.3, -0.25) is 24.0 Å². The van der Waals surface area contributed by atoms with E-state index in [2.05, 4.69) is 4.98 Å². The highest BCUT2D eigenvalue weighted by Crippen LogP contribution is 2.20. The van der Waals surface area contributed by atoms with Gasteiger partial charge in [0.15, 0.2) is 5.69 Å². The minimum absolute atomic E-state index is 0.0668. The molecule has 0 atom stereocenters. The Morgan fingerprint density at radius 3 is 2.64 bits per heavy atom. The number of aromatic nitrogens is 2. The number of nitrogen functional groups attached to an aromatic ring is 1. The summed E-state index contributed by atoms with van der Waals surface area (Å²) in [5, 5.41) is 0. The second kappa shape index (κ2) is 8.40. The fraction of sp³-hybridized carbons (Fsp3) is 0.211. The summed E-state index contributed by atoms with van der Waals surface area (Å²) in [5.74, 6) is -0.599. The molecule has 3 aromatic rings. The minimum Gasteiger partial charge on any atom is -0.472 e. The van der Waals surface area contributed by atoms with E-state index in [-0.39, 0.29) is 36.8 Å². The van der Waals surface area contributed by atoms with E-state index in [4.69, 9.17) is 14.9 Å². The van der Waals surface area contributed by atoms with Crippen molar-refractivity contribution in [2.24, 2.45) is 0 Å². The molecular weight excluding hydrogens is 364 g/mol. The Bertz CT molecular complexity index is 1050. The smallest absolute Gasteiger partial charge is 0.330 e. The third-order valence-corrected chi connectivity index (χ3v) is 4.20. The molecule has 0 aliphatic carbocycles. The monoisotopic (exact) mass is 384 g/mol. The maximum atomic E-state index is 12.9. The molecule has 2 aromatic heterocycles. The maximum absolute atomic E-state index is 12.9. The van der Waals surface area contributed by atoms with Gasteiger partial charge in [-0.05, 0) is 11.6 Å². The van der Waals surface area contributed by atoms with Crippen LogP contribution in [0, 0.1) is 0 Å². The minimum atomic E-state index is -0.750. The molecule has 0 aliphatic heterocycles. The highest BCUT2D eigenvalue weighted by Gasteiger charge is 2.25. The molecule has 0 unspecified atom stereocenters. The molecule has 2 heterocycles. The zero-order valence-electron chi connectivity index (χ0n) is 15.3. The molecule has 9 nitrogen and oxygen atoms in total. The summed E-state index contributed by atoms with van der Waals surface area (Å²) in [6.07, 6.45) is 2.62. The number of hydrogen-bond donors (Lipinski definition) is 2. The van der Waals surface area contributed by atoms with Gasteiger partial charge >= 0.3 is 5.69 Å². The fourth-order valence-corrected chi connectivity index (χ4v) is 2.80. The van der Waals surface area contributed by atoms with Crippen LogP contribution in [0.2, 0.25) is 0 Å². The SMILES string of the molecule is COCCN(C(=O)c1ccoc1)c1c(N)n(Cc2ccccc2)c(=O)[nH]c1=O. The third kappa shape index (κ3) is 3.89. The quantitative estimate of drug-likeness (QED) is 0.628. The predicted octanol–water partition coefficient (Wildman–Crippen LogP) is 1.05. The number of H-pyrrole nitrogens is 1. The van der Waals surface area contributed by atoms with Gasteiger partial charge in [0.05, 0.1) is 25.0 Å². The lowest BCUT2D eigenvalue weighted by Gasteiger charge is -2.23. The number of carbonyl (C=O) groups is 1. The van der Waals surface area contributed by atoms with Gasteiger partial charge in [0, 0.05) is 13.7 Å². The van der Waals surface area contributed by atoms with Crippen molar-refractivity contribution in [3.63, 3.8) is 0 Å². The molecular formula is C19H20N4O5. The van der Waals surface area contributed by atoms with E-state index in [0.29, 0.717) is 0 Å². The van der Waals surface area contributed by atoms with E-state index in [1.54, 1.807) is 0 Å². The van der Waals surface area contributed by atoms with E-state index < -0.39 is 17.2 Å². The van der Waals surface area contributed by atoms with E-state index >= 15 is 0 Å².